The van der Waals surface area contributed by atoms with Crippen molar-refractivity contribution in [3.63, 3.8) is 0 Å². The number of aliphatic hydroxyl groups is 2. The molecule has 0 saturated heterocycles. The van der Waals surface area contributed by atoms with Gasteiger partial charge in [0.1, 0.15) is 0 Å². The van der Waals surface area contributed by atoms with E-state index in [4.69, 9.17) is 10.2 Å². The third-order valence-electron chi connectivity index (χ3n) is 5.34. The van der Waals surface area contributed by atoms with Crippen molar-refractivity contribution in [3.8, 4) is 0 Å². The van der Waals surface area contributed by atoms with Crippen LogP contribution in [0, 0.1) is 0 Å². The number of allylic oxidation sites excluding steroid dienone is 4. The van der Waals surface area contributed by atoms with Gasteiger partial charge in [0, 0.05) is 13.2 Å². The molecule has 0 aliphatic carbocycles. The molecule has 0 aromatic heterocycles. The van der Waals surface area contributed by atoms with Gasteiger partial charge in [0.2, 0.25) is 0 Å². The Kier molecular flexibility index (Phi) is 34.8. The first-order valence-corrected chi connectivity index (χ1v) is 13.3. The number of hydrogen-bond donors (Lipinski definition) is 2. The molecular weight excluding hydrogens is 368 g/mol. The van der Waals surface area contributed by atoms with E-state index in [1.165, 1.54) is 109 Å². The average Bonchev–Trinajstić information content (AvgIpc) is 2.76. The molecule has 0 bridgehead atoms. The maximum atomic E-state index is 8.63. The molecule has 0 radical (unpaired) electrons. The van der Waals surface area contributed by atoms with E-state index in [0.717, 1.165) is 19.3 Å². The van der Waals surface area contributed by atoms with Gasteiger partial charge in [-0.2, -0.15) is 0 Å². The lowest BCUT2D eigenvalue weighted by molar-refractivity contribution is 0.282. The summed E-state index contributed by atoms with van der Waals surface area (Å²) >= 11 is 0. The Hall–Kier alpha value is -0.600. The molecule has 0 aromatic rings. The average molecular weight is 425 g/mol. The molecule has 0 atom stereocenters. The molecule has 0 unspecified atom stereocenters. The lowest BCUT2D eigenvalue weighted by Crippen LogP contribution is -1.83. The molecule has 0 saturated carbocycles. The smallest absolute Gasteiger partial charge is 0.0431 e. The van der Waals surface area contributed by atoms with Crippen LogP contribution in [0.3, 0.4) is 0 Å². The first-order valence-electron chi connectivity index (χ1n) is 13.3. The number of rotatable bonds is 22. The Labute approximate surface area is 190 Å². The molecule has 30 heavy (non-hydrogen) atoms. The highest BCUT2D eigenvalue weighted by Gasteiger charge is 1.90. The summed E-state index contributed by atoms with van der Waals surface area (Å²) in [4.78, 5) is 0. The quantitative estimate of drug-likeness (QED) is 0.134. The van der Waals surface area contributed by atoms with E-state index in [-0.39, 0.29) is 0 Å². The minimum Gasteiger partial charge on any atom is -0.396 e. The second kappa shape index (κ2) is 33.0. The highest BCUT2D eigenvalue weighted by Crippen LogP contribution is 2.08. The monoisotopic (exact) mass is 424 g/mol. The van der Waals surface area contributed by atoms with Crippen molar-refractivity contribution in [1.82, 2.24) is 0 Å². The Morgan fingerprint density at radius 1 is 0.367 bits per heavy atom. The van der Waals surface area contributed by atoms with Crippen molar-refractivity contribution >= 4 is 0 Å². The van der Waals surface area contributed by atoms with E-state index in [9.17, 15) is 0 Å². The van der Waals surface area contributed by atoms with Crippen LogP contribution in [-0.2, 0) is 0 Å². The van der Waals surface area contributed by atoms with Gasteiger partial charge in [-0.05, 0) is 64.2 Å². The zero-order valence-electron chi connectivity index (χ0n) is 20.8. The van der Waals surface area contributed by atoms with E-state index in [0.29, 0.717) is 13.2 Å². The predicted molar refractivity (Wildman–Crippen MR) is 136 cm³/mol. The summed E-state index contributed by atoms with van der Waals surface area (Å²) in [5, 5.41) is 17.2. The van der Waals surface area contributed by atoms with Gasteiger partial charge in [0.15, 0.2) is 0 Å². The van der Waals surface area contributed by atoms with Crippen LogP contribution in [0.15, 0.2) is 24.3 Å². The van der Waals surface area contributed by atoms with Gasteiger partial charge in [-0.1, -0.05) is 102 Å². The van der Waals surface area contributed by atoms with Crippen LogP contribution in [0.25, 0.3) is 0 Å². The maximum Gasteiger partial charge on any atom is 0.0431 e. The highest BCUT2D eigenvalue weighted by molar-refractivity contribution is 4.81. The first-order chi connectivity index (χ1) is 14.8. The van der Waals surface area contributed by atoms with Crippen LogP contribution < -0.4 is 0 Å². The Morgan fingerprint density at radius 3 is 1.03 bits per heavy atom. The van der Waals surface area contributed by atoms with E-state index in [1.807, 2.05) is 0 Å². The van der Waals surface area contributed by atoms with Crippen molar-refractivity contribution in [2.45, 2.75) is 142 Å². The third kappa shape index (κ3) is 34.9. The van der Waals surface area contributed by atoms with Crippen molar-refractivity contribution in [2.75, 3.05) is 13.2 Å². The van der Waals surface area contributed by atoms with E-state index >= 15 is 0 Å². The van der Waals surface area contributed by atoms with E-state index in [1.54, 1.807) is 0 Å². The number of unbranched alkanes of at least 4 members (excludes halogenated alkanes) is 16. The number of hydrogen-bond acceptors (Lipinski definition) is 2. The van der Waals surface area contributed by atoms with Crippen LogP contribution in [0.2, 0.25) is 0 Å². The first kappa shape index (κ1) is 31.6. The molecule has 0 rings (SSSR count). The van der Waals surface area contributed by atoms with Gasteiger partial charge >= 0.3 is 0 Å². The van der Waals surface area contributed by atoms with Crippen molar-refractivity contribution in [1.29, 1.82) is 0 Å². The van der Waals surface area contributed by atoms with Crippen molar-refractivity contribution < 1.29 is 10.2 Å². The van der Waals surface area contributed by atoms with E-state index in [2.05, 4.69) is 38.2 Å². The Balaban J connectivity index is 0. The summed E-state index contributed by atoms with van der Waals surface area (Å²) in [6.45, 7) is 5.20. The molecule has 0 aromatic carbocycles. The van der Waals surface area contributed by atoms with E-state index < -0.39 is 0 Å². The summed E-state index contributed by atoms with van der Waals surface area (Å²) in [6.07, 6.45) is 34.6. The summed E-state index contributed by atoms with van der Waals surface area (Å²) in [6, 6.07) is 0. The molecule has 0 fully saturated rings. The Morgan fingerprint density at radius 2 is 0.633 bits per heavy atom. The molecule has 2 nitrogen and oxygen atoms in total. The molecule has 180 valence electrons. The zero-order chi connectivity index (χ0) is 22.4. The second-order valence-corrected chi connectivity index (χ2v) is 8.49. The largest absolute Gasteiger partial charge is 0.396 e. The van der Waals surface area contributed by atoms with Gasteiger partial charge in [-0.25, -0.2) is 0 Å². The topological polar surface area (TPSA) is 40.5 Å². The highest BCUT2D eigenvalue weighted by atomic mass is 16.3. The third-order valence-corrected chi connectivity index (χ3v) is 5.34. The van der Waals surface area contributed by atoms with Crippen LogP contribution >= 0.6 is 0 Å². The van der Waals surface area contributed by atoms with Gasteiger partial charge in [-0.3, -0.25) is 0 Å². The van der Waals surface area contributed by atoms with Crippen LogP contribution in [0.5, 0.6) is 0 Å². The summed E-state index contributed by atoms with van der Waals surface area (Å²) in [5.74, 6) is 0. The molecule has 2 N–H and O–H groups in total. The number of aliphatic hydroxyl groups excluding tert-OH is 2. The maximum absolute atomic E-state index is 8.63. The van der Waals surface area contributed by atoms with Gasteiger partial charge in [0.05, 0.1) is 0 Å². The van der Waals surface area contributed by atoms with Gasteiger partial charge in [-0.15, -0.1) is 0 Å². The lowest BCUT2D eigenvalue weighted by atomic mass is 10.1. The summed E-state index contributed by atoms with van der Waals surface area (Å²) in [7, 11) is 0. The van der Waals surface area contributed by atoms with Gasteiger partial charge < -0.3 is 10.2 Å². The Bertz CT molecular complexity index is 323. The molecule has 0 heterocycles. The second-order valence-electron chi connectivity index (χ2n) is 8.49. The van der Waals surface area contributed by atoms with Crippen LogP contribution in [-0.4, -0.2) is 23.4 Å². The molecule has 0 aliphatic heterocycles. The predicted octanol–water partition coefficient (Wildman–Crippen LogP) is 8.91. The zero-order valence-corrected chi connectivity index (χ0v) is 20.8. The van der Waals surface area contributed by atoms with Gasteiger partial charge in [0.25, 0.3) is 0 Å². The SMILES string of the molecule is CCCCC/C=C/CCCCCO.CCCCCC/C=C\CCCCCCCCO. The fourth-order valence-corrected chi connectivity index (χ4v) is 3.30. The van der Waals surface area contributed by atoms with Crippen molar-refractivity contribution in [3.05, 3.63) is 24.3 Å². The molecule has 2 heteroatoms. The van der Waals surface area contributed by atoms with Crippen LogP contribution in [0.4, 0.5) is 0 Å². The fraction of sp³-hybridized carbons (Fsp3) is 0.857. The van der Waals surface area contributed by atoms with Crippen molar-refractivity contribution in [2.24, 2.45) is 0 Å². The molecular formula is C28H56O2. The lowest BCUT2D eigenvalue weighted by Gasteiger charge is -1.98. The summed E-state index contributed by atoms with van der Waals surface area (Å²) in [5.41, 5.74) is 0. The fourth-order valence-electron chi connectivity index (χ4n) is 3.30. The molecule has 0 amide bonds. The molecule has 0 aliphatic rings. The minimum atomic E-state index is 0.347. The minimum absolute atomic E-state index is 0.347. The van der Waals surface area contributed by atoms with Crippen LogP contribution in [0.1, 0.15) is 142 Å². The molecule has 0 spiro atoms. The normalized spacial score (nSPS) is 11.3. The summed E-state index contributed by atoms with van der Waals surface area (Å²) < 4.78 is 0. The standard InChI is InChI=1S/C16H32O.C12H24O/c1-2-3-4-5-6-7-8-9-10-11-12-13-14-15-16-17;1-2-3-4-5-6-7-8-9-10-11-12-13/h7-8,17H,2-6,9-16H2,1H3;6-7,13H,2-5,8-12H2,1H3/b8-7-;7-6+.